The number of hydrogen-bond donors (Lipinski definition) is 1. The van der Waals surface area contributed by atoms with Gasteiger partial charge in [0.05, 0.1) is 5.69 Å². The molecule has 0 aliphatic carbocycles. The van der Waals surface area contributed by atoms with Crippen molar-refractivity contribution >= 4 is 5.91 Å². The second kappa shape index (κ2) is 6.53. The second-order valence-corrected chi connectivity index (χ2v) is 6.19. The summed E-state index contributed by atoms with van der Waals surface area (Å²) in [5, 5.41) is 10.2. The number of alkyl halides is 3. The summed E-state index contributed by atoms with van der Waals surface area (Å²) in [6.45, 7) is 0.569. The fraction of sp³-hybridized carbons (Fsp3) is 0.294. The number of nitrogens with zero attached hydrogens (tertiary/aromatic N) is 4. The number of carbonyl (C=O) groups is 1. The molecule has 4 rings (SSSR count). The number of piperidine rings is 1. The van der Waals surface area contributed by atoms with Gasteiger partial charge in [0, 0.05) is 30.6 Å². The first-order valence-electron chi connectivity index (χ1n) is 8.24. The maximum Gasteiger partial charge on any atom is 0.435 e. The van der Waals surface area contributed by atoms with Crippen molar-refractivity contribution in [2.24, 2.45) is 0 Å². The summed E-state index contributed by atoms with van der Waals surface area (Å²) in [5.74, 6) is 0.613. The van der Waals surface area contributed by atoms with Crippen LogP contribution in [-0.2, 0) is 11.0 Å². The summed E-state index contributed by atoms with van der Waals surface area (Å²) in [5.41, 5.74) is 0.171. The highest BCUT2D eigenvalue weighted by Gasteiger charge is 2.33. The third kappa shape index (κ3) is 3.55. The molecule has 7 nitrogen and oxygen atoms in total. The van der Waals surface area contributed by atoms with Gasteiger partial charge in [0.15, 0.2) is 5.69 Å². The number of halogens is 3. The molecule has 3 heterocycles. The number of hydrogen-bond acceptors (Lipinski definition) is 5. The van der Waals surface area contributed by atoms with Crippen LogP contribution in [-0.4, -0.2) is 32.4 Å². The smallest absolute Gasteiger partial charge is 0.356 e. The highest BCUT2D eigenvalue weighted by atomic mass is 19.4. The van der Waals surface area contributed by atoms with E-state index in [-0.39, 0.29) is 11.8 Å². The zero-order chi connectivity index (χ0) is 19.0. The van der Waals surface area contributed by atoms with Crippen LogP contribution in [0.15, 0.2) is 41.1 Å². The minimum absolute atomic E-state index is 0.0483. The fourth-order valence-corrected chi connectivity index (χ4v) is 2.90. The third-order valence-corrected chi connectivity index (χ3v) is 4.31. The Bertz CT molecular complexity index is 962. The molecule has 1 saturated heterocycles. The summed E-state index contributed by atoms with van der Waals surface area (Å²) in [6.07, 6.45) is -2.20. The first-order valence-corrected chi connectivity index (χ1v) is 8.24. The maximum absolute atomic E-state index is 12.7. The minimum Gasteiger partial charge on any atom is -0.356 e. The van der Waals surface area contributed by atoms with Crippen LogP contribution in [0.25, 0.3) is 17.1 Å². The molecule has 0 radical (unpaired) electrons. The quantitative estimate of drug-likeness (QED) is 0.759. The number of nitrogens with one attached hydrogen (secondary N) is 1. The van der Waals surface area contributed by atoms with Gasteiger partial charge in [0.2, 0.25) is 17.6 Å². The molecule has 1 atom stereocenters. The summed E-state index contributed by atoms with van der Waals surface area (Å²) in [4.78, 5) is 15.8. The van der Waals surface area contributed by atoms with Gasteiger partial charge < -0.3 is 9.84 Å². The fourth-order valence-electron chi connectivity index (χ4n) is 2.90. The van der Waals surface area contributed by atoms with Gasteiger partial charge in [-0.15, -0.1) is 0 Å². The number of benzene rings is 1. The van der Waals surface area contributed by atoms with E-state index in [9.17, 15) is 18.0 Å². The summed E-state index contributed by atoms with van der Waals surface area (Å²) >= 11 is 0. The van der Waals surface area contributed by atoms with Gasteiger partial charge in [-0.1, -0.05) is 5.16 Å². The van der Waals surface area contributed by atoms with Gasteiger partial charge in [-0.2, -0.15) is 23.3 Å². The van der Waals surface area contributed by atoms with E-state index < -0.39 is 11.9 Å². The van der Waals surface area contributed by atoms with Crippen LogP contribution in [0.5, 0.6) is 0 Å². The Morgan fingerprint density at radius 3 is 2.63 bits per heavy atom. The minimum atomic E-state index is -4.48. The Morgan fingerprint density at radius 1 is 1.19 bits per heavy atom. The molecule has 3 aromatic rings. The molecule has 1 fully saturated rings. The zero-order valence-corrected chi connectivity index (χ0v) is 13.9. The molecule has 10 heteroatoms. The number of carbonyl (C=O) groups excluding carboxylic acids is 1. The summed E-state index contributed by atoms with van der Waals surface area (Å²) < 4.78 is 44.4. The van der Waals surface area contributed by atoms with E-state index in [0.29, 0.717) is 35.9 Å². The molecule has 0 bridgehead atoms. The molecule has 0 spiro atoms. The molecule has 1 aliphatic heterocycles. The van der Waals surface area contributed by atoms with E-state index in [0.717, 1.165) is 17.2 Å². The van der Waals surface area contributed by atoms with Gasteiger partial charge in [-0.3, -0.25) is 4.79 Å². The molecule has 0 saturated carbocycles. The van der Waals surface area contributed by atoms with Crippen molar-refractivity contribution in [2.45, 2.75) is 24.9 Å². The van der Waals surface area contributed by atoms with Crippen molar-refractivity contribution in [1.82, 2.24) is 25.2 Å². The zero-order valence-electron chi connectivity index (χ0n) is 13.9. The van der Waals surface area contributed by atoms with Crippen LogP contribution in [0.2, 0.25) is 0 Å². The molecule has 1 N–H and O–H groups in total. The SMILES string of the molecule is O=C1CC(c2nc(-c3ccc(-n4ccc(C(F)(F)F)n4)cc3)no2)CCN1. The highest BCUT2D eigenvalue weighted by molar-refractivity contribution is 5.77. The normalized spacial score (nSPS) is 17.7. The topological polar surface area (TPSA) is 85.8 Å². The summed E-state index contributed by atoms with van der Waals surface area (Å²) in [7, 11) is 0. The van der Waals surface area contributed by atoms with E-state index in [2.05, 4.69) is 20.6 Å². The average molecular weight is 377 g/mol. The van der Waals surface area contributed by atoms with Crippen LogP contribution >= 0.6 is 0 Å². The van der Waals surface area contributed by atoms with Gasteiger partial charge in [0.1, 0.15) is 0 Å². The lowest BCUT2D eigenvalue weighted by molar-refractivity contribution is -0.141. The second-order valence-electron chi connectivity index (χ2n) is 6.19. The molecule has 1 unspecified atom stereocenters. The van der Waals surface area contributed by atoms with Crippen LogP contribution in [0.3, 0.4) is 0 Å². The highest BCUT2D eigenvalue weighted by Crippen LogP contribution is 2.29. The van der Waals surface area contributed by atoms with Crippen LogP contribution < -0.4 is 5.32 Å². The van der Waals surface area contributed by atoms with E-state index in [1.165, 1.54) is 6.20 Å². The van der Waals surface area contributed by atoms with E-state index in [1.54, 1.807) is 24.3 Å². The Labute approximate surface area is 151 Å². The van der Waals surface area contributed by atoms with Crippen LogP contribution in [0.1, 0.15) is 30.3 Å². The third-order valence-electron chi connectivity index (χ3n) is 4.31. The monoisotopic (exact) mass is 377 g/mol. The lowest BCUT2D eigenvalue weighted by atomic mass is 9.98. The van der Waals surface area contributed by atoms with Crippen molar-refractivity contribution in [2.75, 3.05) is 6.54 Å². The molecule has 140 valence electrons. The molecular weight excluding hydrogens is 363 g/mol. The van der Waals surface area contributed by atoms with E-state index >= 15 is 0 Å². The lowest BCUT2D eigenvalue weighted by Gasteiger charge is -2.18. The Hall–Kier alpha value is -3.17. The summed E-state index contributed by atoms with van der Waals surface area (Å²) in [6, 6.07) is 7.50. The lowest BCUT2D eigenvalue weighted by Crippen LogP contribution is -2.32. The molecule has 2 aromatic heterocycles. The predicted octanol–water partition coefficient (Wildman–Crippen LogP) is 2.93. The standard InChI is InChI=1S/C17H14F3N5O2/c18-17(19,20)13-6-8-25(23-13)12-3-1-10(2-4-12)15-22-16(27-24-15)11-5-7-21-14(26)9-11/h1-4,6,8,11H,5,7,9H2,(H,21,26). The first kappa shape index (κ1) is 17.3. The molecule has 27 heavy (non-hydrogen) atoms. The molecule has 1 amide bonds. The molecule has 1 aliphatic rings. The van der Waals surface area contributed by atoms with Gasteiger partial charge in [-0.25, -0.2) is 4.68 Å². The maximum atomic E-state index is 12.7. The van der Waals surface area contributed by atoms with E-state index in [4.69, 9.17) is 4.52 Å². The Kier molecular flexibility index (Phi) is 4.17. The Balaban J connectivity index is 1.53. The van der Waals surface area contributed by atoms with E-state index in [1.807, 2.05) is 0 Å². The van der Waals surface area contributed by atoms with Crippen molar-refractivity contribution < 1.29 is 22.5 Å². The van der Waals surface area contributed by atoms with Crippen molar-refractivity contribution in [3.63, 3.8) is 0 Å². The van der Waals surface area contributed by atoms with Gasteiger partial charge in [-0.05, 0) is 36.8 Å². The predicted molar refractivity (Wildman–Crippen MR) is 86.8 cm³/mol. The molecule has 1 aromatic carbocycles. The molecular formula is C17H14F3N5O2. The Morgan fingerprint density at radius 2 is 1.96 bits per heavy atom. The van der Waals surface area contributed by atoms with Crippen LogP contribution in [0, 0.1) is 0 Å². The number of amides is 1. The number of rotatable bonds is 3. The van der Waals surface area contributed by atoms with Crippen molar-refractivity contribution in [3.05, 3.63) is 48.1 Å². The average Bonchev–Trinajstić information content (AvgIpc) is 3.32. The van der Waals surface area contributed by atoms with Gasteiger partial charge >= 0.3 is 6.18 Å². The van der Waals surface area contributed by atoms with Crippen molar-refractivity contribution in [1.29, 1.82) is 0 Å². The number of aromatic nitrogens is 4. The largest absolute Gasteiger partial charge is 0.435 e. The first-order chi connectivity index (χ1) is 12.9. The van der Waals surface area contributed by atoms with Crippen LogP contribution in [0.4, 0.5) is 13.2 Å². The van der Waals surface area contributed by atoms with Crippen molar-refractivity contribution in [3.8, 4) is 17.1 Å². The van der Waals surface area contributed by atoms with Gasteiger partial charge in [0.25, 0.3) is 0 Å².